The maximum Gasteiger partial charge on any atom is 0.407 e. The first-order valence-electron chi connectivity index (χ1n) is 17.7. The van der Waals surface area contributed by atoms with E-state index in [0.717, 1.165) is 42.2 Å². The molecular weight excluding hydrogens is 705 g/mol. The second-order valence-electron chi connectivity index (χ2n) is 16.0. The zero-order chi connectivity index (χ0) is 38.7. The highest BCUT2D eigenvalue weighted by Gasteiger charge is 2.18. The number of pyridine rings is 2. The average molecular weight is 755 g/mol. The standard InChI is InChI=1S/C23H29N3O3S.C18H21N3OS/c1-22(2,3)16-7-8-17-14(12-16)11-15-13-18(30-20(15)26-17)19(27)24-9-10-25-21(28)29-23(4,5)6;1-18(2,3)13-4-5-14-11(9-13)8-12-10-15(23-17(12)21-14)16(22)20-7-6-19/h7-8,11-13H,9-10H2,1-6H3,(H,24,27)(H,25,28);4-5,8-10H,6-7,19H2,1-3H3,(H,20,22). The fraction of sp³-hybridized carbons (Fsp3) is 0.390. The summed E-state index contributed by atoms with van der Waals surface area (Å²) in [4.78, 5) is 48.6. The molecule has 10 nitrogen and oxygen atoms in total. The van der Waals surface area contributed by atoms with Crippen molar-refractivity contribution >= 4 is 82.8 Å². The average Bonchev–Trinajstić information content (AvgIpc) is 3.68. The van der Waals surface area contributed by atoms with Gasteiger partial charge in [0, 0.05) is 47.7 Å². The Hall–Kier alpha value is -4.65. The maximum atomic E-state index is 12.5. The van der Waals surface area contributed by atoms with Crippen LogP contribution in [0.15, 0.2) is 60.7 Å². The van der Waals surface area contributed by atoms with Gasteiger partial charge < -0.3 is 26.4 Å². The Kier molecular flexibility index (Phi) is 11.8. The molecule has 0 aliphatic heterocycles. The first-order chi connectivity index (χ1) is 24.8. The molecule has 3 amide bonds. The summed E-state index contributed by atoms with van der Waals surface area (Å²) < 4.78 is 5.17. The summed E-state index contributed by atoms with van der Waals surface area (Å²) in [5, 5.41) is 12.4. The summed E-state index contributed by atoms with van der Waals surface area (Å²) in [6.07, 6.45) is -0.496. The van der Waals surface area contributed by atoms with Crippen LogP contribution in [0.3, 0.4) is 0 Å². The van der Waals surface area contributed by atoms with E-state index in [1.165, 1.54) is 33.8 Å². The molecule has 6 rings (SSSR count). The predicted molar refractivity (Wildman–Crippen MR) is 220 cm³/mol. The van der Waals surface area contributed by atoms with Gasteiger partial charge in [-0.3, -0.25) is 9.59 Å². The first-order valence-corrected chi connectivity index (χ1v) is 19.4. The lowest BCUT2D eigenvalue weighted by molar-refractivity contribution is 0.0526. The molecule has 2 aromatic carbocycles. The van der Waals surface area contributed by atoms with Crippen LogP contribution in [-0.4, -0.2) is 59.7 Å². The molecule has 5 N–H and O–H groups in total. The minimum absolute atomic E-state index is 0.0657. The molecule has 0 saturated carbocycles. The van der Waals surface area contributed by atoms with E-state index in [0.29, 0.717) is 35.9 Å². The van der Waals surface area contributed by atoms with Crippen molar-refractivity contribution in [2.75, 3.05) is 26.2 Å². The minimum Gasteiger partial charge on any atom is -0.444 e. The van der Waals surface area contributed by atoms with E-state index in [1.807, 2.05) is 18.2 Å². The third kappa shape index (κ3) is 10.3. The second kappa shape index (κ2) is 15.8. The number of carbonyl (C=O) groups excluding carboxylic acids is 3. The van der Waals surface area contributed by atoms with Crippen molar-refractivity contribution in [3.63, 3.8) is 0 Å². The van der Waals surface area contributed by atoms with Crippen molar-refractivity contribution in [3.05, 3.63) is 81.5 Å². The molecule has 4 heterocycles. The summed E-state index contributed by atoms with van der Waals surface area (Å²) in [6.45, 7) is 20.1. The van der Waals surface area contributed by atoms with Gasteiger partial charge in [-0.1, -0.05) is 53.7 Å². The van der Waals surface area contributed by atoms with Gasteiger partial charge in [0.15, 0.2) is 0 Å². The summed E-state index contributed by atoms with van der Waals surface area (Å²) in [5.74, 6) is -0.263. The van der Waals surface area contributed by atoms with Gasteiger partial charge in [-0.15, -0.1) is 22.7 Å². The number of thiophene rings is 2. The van der Waals surface area contributed by atoms with Gasteiger partial charge in [0.25, 0.3) is 11.8 Å². The van der Waals surface area contributed by atoms with E-state index in [4.69, 9.17) is 20.4 Å². The Morgan fingerprint density at radius 1 is 0.604 bits per heavy atom. The molecule has 0 fully saturated rings. The Labute approximate surface area is 318 Å². The maximum absolute atomic E-state index is 12.5. The molecule has 6 aromatic rings. The first kappa shape index (κ1) is 39.6. The number of amides is 3. The molecule has 0 bridgehead atoms. The quantitative estimate of drug-likeness (QED) is 0.120. The summed E-state index contributed by atoms with van der Waals surface area (Å²) in [6, 6.07) is 20.7. The zero-order valence-electron chi connectivity index (χ0n) is 32.0. The van der Waals surface area contributed by atoms with Crippen LogP contribution in [0.5, 0.6) is 0 Å². The molecule has 0 atom stereocenters. The van der Waals surface area contributed by atoms with Crippen LogP contribution in [0.4, 0.5) is 4.79 Å². The normalized spacial score (nSPS) is 12.1. The number of carbonyl (C=O) groups is 3. The Bertz CT molecular complexity index is 2290. The monoisotopic (exact) mass is 754 g/mol. The van der Waals surface area contributed by atoms with E-state index < -0.39 is 11.7 Å². The highest BCUT2D eigenvalue weighted by molar-refractivity contribution is 7.20. The number of fused-ring (bicyclic) bond motifs is 4. The zero-order valence-corrected chi connectivity index (χ0v) is 33.7. The van der Waals surface area contributed by atoms with Crippen LogP contribution in [0.25, 0.3) is 42.2 Å². The lowest BCUT2D eigenvalue weighted by Gasteiger charge is -2.19. The highest BCUT2D eigenvalue weighted by atomic mass is 32.1. The van der Waals surface area contributed by atoms with E-state index >= 15 is 0 Å². The van der Waals surface area contributed by atoms with Crippen LogP contribution in [0.2, 0.25) is 0 Å². The number of benzene rings is 2. The van der Waals surface area contributed by atoms with Gasteiger partial charge in [-0.25, -0.2) is 14.8 Å². The number of nitrogens with zero attached hydrogens (tertiary/aromatic N) is 2. The van der Waals surface area contributed by atoms with E-state index in [-0.39, 0.29) is 22.6 Å². The van der Waals surface area contributed by atoms with Crippen LogP contribution < -0.4 is 21.7 Å². The number of alkyl carbamates (subject to hydrolysis) is 1. The smallest absolute Gasteiger partial charge is 0.407 e. The van der Waals surface area contributed by atoms with Gasteiger partial charge in [-0.2, -0.15) is 0 Å². The van der Waals surface area contributed by atoms with E-state index in [1.54, 1.807) is 20.8 Å². The SMILES string of the molecule is CC(C)(C)OC(=O)NCCNC(=O)c1cc2cc3cc(C(C)(C)C)ccc3nc2s1.CC(C)(C)c1ccc2nc3sc(C(=O)NCCN)cc3cc2c1. The topological polar surface area (TPSA) is 148 Å². The third-order valence-corrected chi connectivity index (χ3v) is 10.4. The fourth-order valence-corrected chi connectivity index (χ4v) is 7.32. The van der Waals surface area contributed by atoms with E-state index in [2.05, 4.69) is 100.0 Å². The van der Waals surface area contributed by atoms with Crippen molar-refractivity contribution in [1.82, 2.24) is 25.9 Å². The molecule has 0 aliphatic rings. The molecular formula is C41H50N6O4S2. The molecule has 280 valence electrons. The van der Waals surface area contributed by atoms with Gasteiger partial charge in [0.05, 0.1) is 20.8 Å². The molecule has 0 saturated heterocycles. The number of aromatic nitrogens is 2. The van der Waals surface area contributed by atoms with Gasteiger partial charge in [0.2, 0.25) is 0 Å². The van der Waals surface area contributed by atoms with Crippen molar-refractivity contribution in [2.24, 2.45) is 5.73 Å². The van der Waals surface area contributed by atoms with Crippen LogP contribution >= 0.6 is 22.7 Å². The highest BCUT2D eigenvalue weighted by Crippen LogP contribution is 2.32. The number of rotatable bonds is 7. The molecule has 0 spiro atoms. The van der Waals surface area contributed by atoms with Crippen molar-refractivity contribution < 1.29 is 19.1 Å². The number of hydrogen-bond donors (Lipinski definition) is 4. The Morgan fingerprint density at radius 3 is 1.45 bits per heavy atom. The third-order valence-electron chi connectivity index (χ3n) is 8.29. The number of ether oxygens (including phenoxy) is 1. The van der Waals surface area contributed by atoms with Gasteiger partial charge >= 0.3 is 6.09 Å². The number of nitrogens with one attached hydrogen (secondary N) is 3. The van der Waals surface area contributed by atoms with Crippen molar-refractivity contribution in [3.8, 4) is 0 Å². The molecule has 0 unspecified atom stereocenters. The number of nitrogens with two attached hydrogens (primary N) is 1. The van der Waals surface area contributed by atoms with Gasteiger partial charge in [0.1, 0.15) is 15.3 Å². The van der Waals surface area contributed by atoms with Crippen LogP contribution in [0.1, 0.15) is 92.8 Å². The second-order valence-corrected chi connectivity index (χ2v) is 18.1. The minimum atomic E-state index is -0.547. The van der Waals surface area contributed by atoms with Crippen LogP contribution in [-0.2, 0) is 15.6 Å². The van der Waals surface area contributed by atoms with E-state index in [9.17, 15) is 14.4 Å². The molecule has 53 heavy (non-hydrogen) atoms. The Balaban J connectivity index is 0.000000211. The fourth-order valence-electron chi connectivity index (χ4n) is 5.44. The molecule has 0 aliphatic carbocycles. The molecule has 12 heteroatoms. The number of hydrogen-bond acceptors (Lipinski definition) is 9. The summed E-state index contributed by atoms with van der Waals surface area (Å²) in [7, 11) is 0. The van der Waals surface area contributed by atoms with Gasteiger partial charge in [-0.05, 0) is 91.3 Å². The summed E-state index contributed by atoms with van der Waals surface area (Å²) >= 11 is 2.78. The van der Waals surface area contributed by atoms with Crippen molar-refractivity contribution in [2.45, 2.75) is 78.7 Å². The molecule has 0 radical (unpaired) electrons. The Morgan fingerprint density at radius 2 is 1.04 bits per heavy atom. The predicted octanol–water partition coefficient (Wildman–Crippen LogP) is 8.44. The summed E-state index contributed by atoms with van der Waals surface area (Å²) in [5.41, 5.74) is 9.46. The lowest BCUT2D eigenvalue weighted by Crippen LogP contribution is -2.37. The van der Waals surface area contributed by atoms with Crippen molar-refractivity contribution in [1.29, 1.82) is 0 Å². The van der Waals surface area contributed by atoms with Crippen LogP contribution in [0, 0.1) is 0 Å². The largest absolute Gasteiger partial charge is 0.444 e. The lowest BCUT2D eigenvalue weighted by atomic mass is 9.86. The molecule has 4 aromatic heterocycles.